The molecule has 1 amide bonds. The maximum Gasteiger partial charge on any atom is 0.283 e. The molecular formula is C21H21F2N3O3S. The molecule has 2 aliphatic rings. The fraction of sp³-hybridized carbons (Fsp3) is 0.333. The van der Waals surface area contributed by atoms with Crippen molar-refractivity contribution in [3.63, 3.8) is 0 Å². The summed E-state index contributed by atoms with van der Waals surface area (Å²) in [6.07, 6.45) is 2.06. The summed E-state index contributed by atoms with van der Waals surface area (Å²) in [7, 11) is -2.00. The summed E-state index contributed by atoms with van der Waals surface area (Å²) in [5.41, 5.74) is 1.05. The number of nitrogens with zero attached hydrogens (tertiary/aromatic N) is 2. The lowest BCUT2D eigenvalue weighted by Gasteiger charge is -2.11. The van der Waals surface area contributed by atoms with Gasteiger partial charge < -0.3 is 10.2 Å². The summed E-state index contributed by atoms with van der Waals surface area (Å²) >= 11 is 0. The zero-order valence-corrected chi connectivity index (χ0v) is 17.1. The molecule has 1 saturated carbocycles. The molecule has 0 aromatic heterocycles. The maximum atomic E-state index is 13.4. The lowest BCUT2D eigenvalue weighted by Crippen LogP contribution is -2.20. The van der Waals surface area contributed by atoms with Crippen LogP contribution in [0.25, 0.3) is 0 Å². The number of carbonyl (C=O) groups excluding carboxylic acids is 1. The van der Waals surface area contributed by atoms with Gasteiger partial charge in [-0.2, -0.15) is 8.42 Å². The molecule has 9 heteroatoms. The zero-order chi connectivity index (χ0) is 21.5. The minimum Gasteiger partial charge on any atom is -0.362 e. The Labute approximate surface area is 173 Å². The summed E-state index contributed by atoms with van der Waals surface area (Å²) in [6.45, 7) is 0.784. The molecule has 1 aliphatic carbocycles. The quantitative estimate of drug-likeness (QED) is 0.783. The van der Waals surface area contributed by atoms with Gasteiger partial charge in [0.1, 0.15) is 5.84 Å². The molecule has 1 aliphatic heterocycles. The smallest absolute Gasteiger partial charge is 0.283 e. The Kier molecular flexibility index (Phi) is 5.31. The largest absolute Gasteiger partial charge is 0.362 e. The third kappa shape index (κ3) is 4.21. The Bertz CT molecular complexity index is 1120. The number of sulfonamides is 1. The van der Waals surface area contributed by atoms with E-state index in [-0.39, 0.29) is 22.6 Å². The molecule has 0 radical (unpaired) electrons. The van der Waals surface area contributed by atoms with Crippen LogP contribution < -0.4 is 5.32 Å². The van der Waals surface area contributed by atoms with Crippen molar-refractivity contribution < 1.29 is 22.0 Å². The molecule has 1 N–H and O–H groups in total. The highest BCUT2D eigenvalue weighted by Crippen LogP contribution is 2.48. The molecule has 2 aromatic rings. The van der Waals surface area contributed by atoms with Crippen LogP contribution in [-0.2, 0) is 14.8 Å². The summed E-state index contributed by atoms with van der Waals surface area (Å²) < 4.78 is 55.3. The number of amides is 1. The number of hydrogen-bond acceptors (Lipinski definition) is 3. The normalized spacial score (nSPS) is 22.4. The molecule has 30 heavy (non-hydrogen) atoms. The number of rotatable bonds is 5. The number of benzene rings is 2. The van der Waals surface area contributed by atoms with Crippen LogP contribution in [0.1, 0.15) is 30.7 Å². The lowest BCUT2D eigenvalue weighted by atomic mass is 10.1. The van der Waals surface area contributed by atoms with Crippen molar-refractivity contribution in [2.45, 2.75) is 30.1 Å². The van der Waals surface area contributed by atoms with E-state index in [4.69, 9.17) is 0 Å². The van der Waals surface area contributed by atoms with Crippen molar-refractivity contribution in [1.82, 2.24) is 4.90 Å². The van der Waals surface area contributed by atoms with Crippen molar-refractivity contribution in [2.24, 2.45) is 10.3 Å². The van der Waals surface area contributed by atoms with Crippen LogP contribution in [0, 0.1) is 17.6 Å². The van der Waals surface area contributed by atoms with E-state index in [0.717, 1.165) is 25.1 Å². The van der Waals surface area contributed by atoms with Crippen LogP contribution in [0.2, 0.25) is 0 Å². The minimum absolute atomic E-state index is 0.0550. The molecule has 2 aromatic carbocycles. The van der Waals surface area contributed by atoms with Gasteiger partial charge in [0.05, 0.1) is 4.90 Å². The third-order valence-corrected chi connectivity index (χ3v) is 6.80. The number of anilines is 1. The van der Waals surface area contributed by atoms with E-state index in [9.17, 15) is 22.0 Å². The monoisotopic (exact) mass is 433 g/mol. The molecule has 2 atom stereocenters. The minimum atomic E-state index is -3.81. The Balaban J connectivity index is 1.40. The first-order valence-corrected chi connectivity index (χ1v) is 11.1. The first kappa shape index (κ1) is 20.5. The summed E-state index contributed by atoms with van der Waals surface area (Å²) in [5, 5.41) is 2.74. The van der Waals surface area contributed by atoms with E-state index in [1.165, 1.54) is 30.3 Å². The second kappa shape index (κ2) is 7.79. The van der Waals surface area contributed by atoms with E-state index in [0.29, 0.717) is 29.9 Å². The van der Waals surface area contributed by atoms with Crippen molar-refractivity contribution in [3.8, 4) is 0 Å². The van der Waals surface area contributed by atoms with Gasteiger partial charge in [-0.05, 0) is 60.7 Å². The summed E-state index contributed by atoms with van der Waals surface area (Å²) in [6, 6.07) is 9.50. The van der Waals surface area contributed by atoms with Crippen LogP contribution in [0.4, 0.5) is 14.5 Å². The van der Waals surface area contributed by atoms with Crippen LogP contribution in [0.15, 0.2) is 51.8 Å². The van der Waals surface area contributed by atoms with Crippen LogP contribution in [0.3, 0.4) is 0 Å². The van der Waals surface area contributed by atoms with Crippen LogP contribution in [0.5, 0.6) is 0 Å². The highest BCUT2D eigenvalue weighted by Gasteiger charge is 2.44. The number of halogens is 2. The molecule has 1 heterocycles. The Morgan fingerprint density at radius 3 is 2.50 bits per heavy atom. The van der Waals surface area contributed by atoms with Gasteiger partial charge in [-0.3, -0.25) is 4.79 Å². The number of amidine groups is 1. The number of hydrogen-bond donors (Lipinski definition) is 1. The fourth-order valence-electron chi connectivity index (χ4n) is 3.64. The van der Waals surface area contributed by atoms with Crippen LogP contribution in [-0.4, -0.2) is 38.7 Å². The third-order valence-electron chi connectivity index (χ3n) is 5.48. The van der Waals surface area contributed by atoms with Gasteiger partial charge >= 0.3 is 0 Å². The van der Waals surface area contributed by atoms with E-state index in [2.05, 4.69) is 9.71 Å². The topological polar surface area (TPSA) is 78.8 Å². The molecular weight excluding hydrogens is 412 g/mol. The van der Waals surface area contributed by atoms with Gasteiger partial charge in [0.2, 0.25) is 5.91 Å². The first-order chi connectivity index (χ1) is 14.2. The molecule has 0 spiro atoms. The highest BCUT2D eigenvalue weighted by molar-refractivity contribution is 7.90. The van der Waals surface area contributed by atoms with Gasteiger partial charge in [-0.15, -0.1) is 4.40 Å². The van der Waals surface area contributed by atoms with Gasteiger partial charge in [0.25, 0.3) is 10.0 Å². The molecule has 158 valence electrons. The molecule has 6 nitrogen and oxygen atoms in total. The predicted octanol–water partition coefficient (Wildman–Crippen LogP) is 3.52. The second-order valence-electron chi connectivity index (χ2n) is 7.64. The van der Waals surface area contributed by atoms with E-state index in [1.54, 1.807) is 0 Å². The van der Waals surface area contributed by atoms with E-state index >= 15 is 0 Å². The van der Waals surface area contributed by atoms with E-state index < -0.39 is 21.7 Å². The fourth-order valence-corrected chi connectivity index (χ4v) is 4.74. The molecule has 4 rings (SSSR count). The SMILES string of the molecule is CN1CCC/C1=N/S(=O)(=O)c1ccc(NC(=O)C2CC2c2ccc(F)c(F)c2)cc1. The summed E-state index contributed by atoms with van der Waals surface area (Å²) in [4.78, 5) is 14.3. The van der Waals surface area contributed by atoms with Gasteiger partial charge in [-0.1, -0.05) is 6.07 Å². The first-order valence-electron chi connectivity index (χ1n) is 9.65. The number of nitrogens with one attached hydrogen (secondary N) is 1. The lowest BCUT2D eigenvalue weighted by molar-refractivity contribution is -0.117. The molecule has 0 bridgehead atoms. The zero-order valence-electron chi connectivity index (χ0n) is 16.3. The van der Waals surface area contributed by atoms with Crippen molar-refractivity contribution in [3.05, 3.63) is 59.7 Å². The summed E-state index contributed by atoms with van der Waals surface area (Å²) in [5.74, 6) is -2.03. The Morgan fingerprint density at radius 1 is 1.13 bits per heavy atom. The van der Waals surface area contributed by atoms with Gasteiger partial charge in [-0.25, -0.2) is 8.78 Å². The average molecular weight is 433 g/mol. The molecule has 2 unspecified atom stereocenters. The standard InChI is InChI=1S/C21H21F2N3O3S/c1-26-10-2-3-20(26)25-30(28,29)15-7-5-14(6-8-15)24-21(27)17-12-16(17)13-4-9-18(22)19(23)11-13/h4-9,11,16-17H,2-3,10,12H2,1H3,(H,24,27)/b25-20-. The maximum absolute atomic E-state index is 13.4. The number of likely N-dealkylation sites (tertiary alicyclic amines) is 1. The molecule has 2 fully saturated rings. The van der Waals surface area contributed by atoms with Crippen LogP contribution >= 0.6 is 0 Å². The second-order valence-corrected chi connectivity index (χ2v) is 9.25. The highest BCUT2D eigenvalue weighted by atomic mass is 32.2. The number of carbonyl (C=O) groups is 1. The van der Waals surface area contributed by atoms with Crippen molar-refractivity contribution in [2.75, 3.05) is 18.9 Å². The molecule has 1 saturated heterocycles. The average Bonchev–Trinajstić information content (AvgIpc) is 3.42. The van der Waals surface area contributed by atoms with Crippen molar-refractivity contribution >= 4 is 27.5 Å². The predicted molar refractivity (Wildman–Crippen MR) is 109 cm³/mol. The van der Waals surface area contributed by atoms with E-state index in [1.807, 2.05) is 11.9 Å². The Morgan fingerprint density at radius 2 is 1.87 bits per heavy atom. The van der Waals surface area contributed by atoms with Crippen molar-refractivity contribution in [1.29, 1.82) is 0 Å². The van der Waals surface area contributed by atoms with Gasteiger partial charge in [0.15, 0.2) is 11.6 Å². The van der Waals surface area contributed by atoms with Gasteiger partial charge in [0, 0.05) is 31.6 Å². The Hall–Kier alpha value is -2.81.